The third kappa shape index (κ3) is 4.13. The Balaban J connectivity index is 1.86. The number of benzene rings is 1. The minimum Gasteiger partial charge on any atom is -0.493 e. The predicted molar refractivity (Wildman–Crippen MR) is 81.8 cm³/mol. The summed E-state index contributed by atoms with van der Waals surface area (Å²) >= 11 is 0. The van der Waals surface area contributed by atoms with Gasteiger partial charge in [-0.2, -0.15) is 0 Å². The molecule has 2 amide bonds. The number of rotatable bonds is 6. The summed E-state index contributed by atoms with van der Waals surface area (Å²) in [6.07, 6.45) is 2.43. The van der Waals surface area contributed by atoms with E-state index >= 15 is 0 Å². The van der Waals surface area contributed by atoms with Crippen molar-refractivity contribution in [2.24, 2.45) is 0 Å². The summed E-state index contributed by atoms with van der Waals surface area (Å²) in [5.74, 6) is 1.19. The molecule has 6 heteroatoms. The molecule has 0 unspecified atom stereocenters. The van der Waals surface area contributed by atoms with Gasteiger partial charge in [0, 0.05) is 19.5 Å². The van der Waals surface area contributed by atoms with E-state index < -0.39 is 0 Å². The van der Waals surface area contributed by atoms with Gasteiger partial charge in [-0.1, -0.05) is 6.07 Å². The van der Waals surface area contributed by atoms with Crippen molar-refractivity contribution in [2.75, 3.05) is 27.3 Å². The molecule has 6 nitrogen and oxygen atoms in total. The Labute approximate surface area is 130 Å². The maximum absolute atomic E-state index is 11.9. The fourth-order valence-electron chi connectivity index (χ4n) is 2.45. The topological polar surface area (TPSA) is 67.9 Å². The van der Waals surface area contributed by atoms with E-state index in [2.05, 4.69) is 5.32 Å². The summed E-state index contributed by atoms with van der Waals surface area (Å²) < 4.78 is 10.4. The average Bonchev–Trinajstić information content (AvgIpc) is 2.54. The van der Waals surface area contributed by atoms with Gasteiger partial charge in [-0.05, 0) is 30.5 Å². The summed E-state index contributed by atoms with van der Waals surface area (Å²) in [7, 11) is 3.15. The van der Waals surface area contributed by atoms with E-state index in [0.29, 0.717) is 31.0 Å². The van der Waals surface area contributed by atoms with Gasteiger partial charge in [0.2, 0.25) is 11.8 Å². The van der Waals surface area contributed by atoms with Gasteiger partial charge in [-0.25, -0.2) is 0 Å². The first-order valence-corrected chi connectivity index (χ1v) is 7.39. The van der Waals surface area contributed by atoms with Crippen molar-refractivity contribution in [3.8, 4) is 11.5 Å². The van der Waals surface area contributed by atoms with Crippen LogP contribution in [0.5, 0.6) is 11.5 Å². The molecule has 0 radical (unpaired) electrons. The normalized spacial score (nSPS) is 14.6. The third-order valence-electron chi connectivity index (χ3n) is 3.69. The molecule has 0 bridgehead atoms. The van der Waals surface area contributed by atoms with Crippen molar-refractivity contribution in [2.45, 2.75) is 25.8 Å². The van der Waals surface area contributed by atoms with Crippen molar-refractivity contribution < 1.29 is 19.1 Å². The Morgan fingerprint density at radius 1 is 1.23 bits per heavy atom. The fourth-order valence-corrected chi connectivity index (χ4v) is 2.45. The Morgan fingerprint density at radius 3 is 2.68 bits per heavy atom. The summed E-state index contributed by atoms with van der Waals surface area (Å²) in [6.45, 7) is 1.19. The van der Waals surface area contributed by atoms with Gasteiger partial charge in [0.05, 0.1) is 20.8 Å². The van der Waals surface area contributed by atoms with Crippen molar-refractivity contribution in [1.82, 2.24) is 10.2 Å². The van der Waals surface area contributed by atoms with Gasteiger partial charge in [0.1, 0.15) is 0 Å². The molecule has 2 rings (SSSR count). The zero-order chi connectivity index (χ0) is 15.9. The maximum atomic E-state index is 11.9. The van der Waals surface area contributed by atoms with Crippen LogP contribution in [0.15, 0.2) is 18.2 Å². The van der Waals surface area contributed by atoms with E-state index in [1.807, 2.05) is 12.1 Å². The van der Waals surface area contributed by atoms with Gasteiger partial charge in [-0.3, -0.25) is 9.59 Å². The van der Waals surface area contributed by atoms with Crippen LogP contribution in [-0.4, -0.2) is 44.0 Å². The van der Waals surface area contributed by atoms with Crippen LogP contribution in [0.25, 0.3) is 0 Å². The van der Waals surface area contributed by atoms with Crippen LogP contribution in [0.1, 0.15) is 24.8 Å². The van der Waals surface area contributed by atoms with Crippen molar-refractivity contribution in [3.05, 3.63) is 23.8 Å². The molecule has 1 aliphatic heterocycles. The molecule has 1 fully saturated rings. The maximum Gasteiger partial charge on any atom is 0.239 e. The van der Waals surface area contributed by atoms with E-state index in [4.69, 9.17) is 9.47 Å². The lowest BCUT2D eigenvalue weighted by atomic mass is 10.1. The molecule has 22 heavy (non-hydrogen) atoms. The van der Waals surface area contributed by atoms with E-state index in [-0.39, 0.29) is 18.4 Å². The summed E-state index contributed by atoms with van der Waals surface area (Å²) in [4.78, 5) is 25.2. The highest BCUT2D eigenvalue weighted by molar-refractivity contribution is 5.85. The smallest absolute Gasteiger partial charge is 0.239 e. The highest BCUT2D eigenvalue weighted by atomic mass is 16.5. The van der Waals surface area contributed by atoms with Crippen LogP contribution < -0.4 is 14.8 Å². The quantitative estimate of drug-likeness (QED) is 0.861. The van der Waals surface area contributed by atoms with Gasteiger partial charge >= 0.3 is 0 Å². The first kappa shape index (κ1) is 16.1. The monoisotopic (exact) mass is 306 g/mol. The predicted octanol–water partition coefficient (Wildman–Crippen LogP) is 1.33. The van der Waals surface area contributed by atoms with Gasteiger partial charge in [-0.15, -0.1) is 0 Å². The zero-order valence-corrected chi connectivity index (χ0v) is 13.1. The van der Waals surface area contributed by atoms with Gasteiger partial charge in [0.25, 0.3) is 0 Å². The number of methoxy groups -OCH3 is 2. The summed E-state index contributed by atoms with van der Waals surface area (Å²) in [5, 5.41) is 2.83. The van der Waals surface area contributed by atoms with Crippen LogP contribution in [-0.2, 0) is 16.1 Å². The van der Waals surface area contributed by atoms with Crippen LogP contribution >= 0.6 is 0 Å². The average molecular weight is 306 g/mol. The second kappa shape index (κ2) is 7.68. The van der Waals surface area contributed by atoms with Crippen LogP contribution in [0.3, 0.4) is 0 Å². The number of nitrogens with zero attached hydrogens (tertiary/aromatic N) is 1. The van der Waals surface area contributed by atoms with E-state index in [1.54, 1.807) is 25.2 Å². The SMILES string of the molecule is COc1ccc(CNC(=O)CN2CCCCC2=O)cc1OC. The number of amides is 2. The van der Waals surface area contributed by atoms with E-state index in [1.165, 1.54) is 0 Å². The lowest BCUT2D eigenvalue weighted by Gasteiger charge is -2.26. The highest BCUT2D eigenvalue weighted by Gasteiger charge is 2.20. The van der Waals surface area contributed by atoms with Crippen molar-refractivity contribution in [3.63, 3.8) is 0 Å². The molecule has 0 spiro atoms. The molecule has 0 saturated carbocycles. The first-order chi connectivity index (χ1) is 10.6. The number of hydrogen-bond acceptors (Lipinski definition) is 4. The van der Waals surface area contributed by atoms with Crippen molar-refractivity contribution >= 4 is 11.8 Å². The third-order valence-corrected chi connectivity index (χ3v) is 3.69. The second-order valence-electron chi connectivity index (χ2n) is 5.24. The molecule has 0 aromatic heterocycles. The lowest BCUT2D eigenvalue weighted by Crippen LogP contribution is -2.42. The zero-order valence-electron chi connectivity index (χ0n) is 13.1. The molecular formula is C16H22N2O4. The van der Waals surface area contributed by atoms with Crippen LogP contribution in [0, 0.1) is 0 Å². The Morgan fingerprint density at radius 2 is 2.00 bits per heavy atom. The van der Waals surface area contributed by atoms with E-state index in [9.17, 15) is 9.59 Å². The fraction of sp³-hybridized carbons (Fsp3) is 0.500. The number of carbonyl (C=O) groups is 2. The number of piperidine rings is 1. The molecule has 0 atom stereocenters. The molecule has 1 saturated heterocycles. The number of carbonyl (C=O) groups excluding carboxylic acids is 2. The summed E-state index contributed by atoms with van der Waals surface area (Å²) in [5.41, 5.74) is 0.913. The van der Waals surface area contributed by atoms with Crippen molar-refractivity contribution in [1.29, 1.82) is 0 Å². The van der Waals surface area contributed by atoms with Crippen LogP contribution in [0.2, 0.25) is 0 Å². The first-order valence-electron chi connectivity index (χ1n) is 7.39. The minimum atomic E-state index is -0.148. The molecule has 1 N–H and O–H groups in total. The molecule has 1 aliphatic rings. The standard InChI is InChI=1S/C16H22N2O4/c1-21-13-7-6-12(9-14(13)22-2)10-17-15(19)11-18-8-4-3-5-16(18)20/h6-7,9H,3-5,8,10-11H2,1-2H3,(H,17,19). The minimum absolute atomic E-state index is 0.0625. The molecule has 1 aromatic carbocycles. The number of ether oxygens (including phenoxy) is 2. The summed E-state index contributed by atoms with van der Waals surface area (Å²) in [6, 6.07) is 5.49. The molecule has 1 heterocycles. The van der Waals surface area contributed by atoms with Gasteiger partial charge in [0.15, 0.2) is 11.5 Å². The largest absolute Gasteiger partial charge is 0.493 e. The molecule has 1 aromatic rings. The van der Waals surface area contributed by atoms with Crippen LogP contribution in [0.4, 0.5) is 0 Å². The molecule has 120 valence electrons. The molecular weight excluding hydrogens is 284 g/mol. The van der Waals surface area contributed by atoms with Gasteiger partial charge < -0.3 is 19.7 Å². The Bertz CT molecular complexity index is 545. The Kier molecular flexibility index (Phi) is 5.63. The number of likely N-dealkylation sites (tertiary alicyclic amines) is 1. The number of nitrogens with one attached hydrogen (secondary N) is 1. The second-order valence-corrected chi connectivity index (χ2v) is 5.24. The Hall–Kier alpha value is -2.24. The molecule has 0 aliphatic carbocycles. The lowest BCUT2D eigenvalue weighted by molar-refractivity contribution is -0.137. The van der Waals surface area contributed by atoms with E-state index in [0.717, 1.165) is 18.4 Å². The highest BCUT2D eigenvalue weighted by Crippen LogP contribution is 2.27. The number of hydrogen-bond donors (Lipinski definition) is 1.